The molecule has 1 aliphatic rings. The molecular formula is C17H21N5O2. The SMILES string of the molecule is N=C(C(=O)OC1CCCCC1)C(Nc1ncccn1)c1ccc[nH]1. The quantitative estimate of drug-likeness (QED) is 0.559. The van der Waals surface area contributed by atoms with Gasteiger partial charge < -0.3 is 15.0 Å². The number of aromatic nitrogens is 3. The molecule has 2 aromatic heterocycles. The molecule has 7 nitrogen and oxygen atoms in total. The molecule has 1 aliphatic carbocycles. The van der Waals surface area contributed by atoms with Crippen molar-refractivity contribution < 1.29 is 9.53 Å². The number of esters is 1. The summed E-state index contributed by atoms with van der Waals surface area (Å²) >= 11 is 0. The van der Waals surface area contributed by atoms with Crippen LogP contribution in [-0.4, -0.2) is 32.7 Å². The number of nitrogens with zero attached hydrogens (tertiary/aromatic N) is 2. The van der Waals surface area contributed by atoms with Gasteiger partial charge in [-0.3, -0.25) is 5.41 Å². The molecule has 24 heavy (non-hydrogen) atoms. The zero-order valence-corrected chi connectivity index (χ0v) is 13.4. The summed E-state index contributed by atoms with van der Waals surface area (Å²) in [4.78, 5) is 23.6. The highest BCUT2D eigenvalue weighted by Crippen LogP contribution is 2.22. The van der Waals surface area contributed by atoms with Crippen molar-refractivity contribution in [1.82, 2.24) is 15.0 Å². The molecule has 2 heterocycles. The lowest BCUT2D eigenvalue weighted by molar-refractivity contribution is -0.142. The number of carbonyl (C=O) groups is 1. The van der Waals surface area contributed by atoms with Crippen LogP contribution in [0.4, 0.5) is 5.95 Å². The average molecular weight is 327 g/mol. The van der Waals surface area contributed by atoms with Crippen LogP contribution in [0.5, 0.6) is 0 Å². The minimum Gasteiger partial charge on any atom is -0.458 e. The highest BCUT2D eigenvalue weighted by atomic mass is 16.5. The summed E-state index contributed by atoms with van der Waals surface area (Å²) in [6.07, 6.45) is 9.95. The van der Waals surface area contributed by atoms with Gasteiger partial charge in [0.15, 0.2) is 0 Å². The van der Waals surface area contributed by atoms with Gasteiger partial charge in [0.1, 0.15) is 17.9 Å². The number of nitrogens with one attached hydrogen (secondary N) is 3. The highest BCUT2D eigenvalue weighted by Gasteiger charge is 2.28. The van der Waals surface area contributed by atoms with E-state index in [-0.39, 0.29) is 11.8 Å². The Kier molecular flexibility index (Phi) is 5.20. The van der Waals surface area contributed by atoms with Gasteiger partial charge in [-0.05, 0) is 43.9 Å². The van der Waals surface area contributed by atoms with Crippen LogP contribution in [0.25, 0.3) is 0 Å². The summed E-state index contributed by atoms with van der Waals surface area (Å²) in [7, 11) is 0. The highest BCUT2D eigenvalue weighted by molar-refractivity contribution is 6.37. The summed E-state index contributed by atoms with van der Waals surface area (Å²) in [6.45, 7) is 0. The Hall–Kier alpha value is -2.70. The maximum Gasteiger partial charge on any atom is 0.354 e. The molecule has 126 valence electrons. The third kappa shape index (κ3) is 3.98. The van der Waals surface area contributed by atoms with Crippen molar-refractivity contribution in [3.8, 4) is 0 Å². The van der Waals surface area contributed by atoms with Crippen LogP contribution in [0.2, 0.25) is 0 Å². The first-order valence-electron chi connectivity index (χ1n) is 8.20. The Morgan fingerprint density at radius 2 is 2.00 bits per heavy atom. The van der Waals surface area contributed by atoms with Gasteiger partial charge in [0.25, 0.3) is 0 Å². The first-order valence-corrected chi connectivity index (χ1v) is 8.20. The fraction of sp³-hybridized carbons (Fsp3) is 0.412. The fourth-order valence-corrected chi connectivity index (χ4v) is 2.85. The van der Waals surface area contributed by atoms with Gasteiger partial charge in [0.05, 0.1) is 0 Å². The summed E-state index contributed by atoms with van der Waals surface area (Å²) in [5.74, 6) is -0.239. The third-order valence-electron chi connectivity index (χ3n) is 4.11. The van der Waals surface area contributed by atoms with Gasteiger partial charge in [0.2, 0.25) is 5.95 Å². The molecule has 1 fully saturated rings. The van der Waals surface area contributed by atoms with E-state index in [1.54, 1.807) is 24.7 Å². The summed E-state index contributed by atoms with van der Waals surface area (Å²) in [6, 6.07) is 4.65. The summed E-state index contributed by atoms with van der Waals surface area (Å²) < 4.78 is 5.51. The van der Waals surface area contributed by atoms with Crippen LogP contribution in [0.1, 0.15) is 43.8 Å². The first kappa shape index (κ1) is 16.2. The van der Waals surface area contributed by atoms with Crippen molar-refractivity contribution in [1.29, 1.82) is 5.41 Å². The van der Waals surface area contributed by atoms with Crippen molar-refractivity contribution in [2.24, 2.45) is 0 Å². The molecule has 0 saturated heterocycles. The number of rotatable bonds is 6. The van der Waals surface area contributed by atoms with Crippen LogP contribution in [-0.2, 0) is 9.53 Å². The van der Waals surface area contributed by atoms with Gasteiger partial charge in [-0.1, -0.05) is 6.42 Å². The number of carbonyl (C=O) groups excluding carboxylic acids is 1. The van der Waals surface area contributed by atoms with Crippen molar-refractivity contribution in [2.75, 3.05) is 5.32 Å². The van der Waals surface area contributed by atoms with Crippen molar-refractivity contribution in [3.63, 3.8) is 0 Å². The van der Waals surface area contributed by atoms with E-state index in [2.05, 4.69) is 20.3 Å². The van der Waals surface area contributed by atoms with Crippen LogP contribution < -0.4 is 5.32 Å². The molecule has 3 N–H and O–H groups in total. The topological polar surface area (TPSA) is 104 Å². The lowest BCUT2D eigenvalue weighted by atomic mass is 9.97. The Morgan fingerprint density at radius 3 is 2.67 bits per heavy atom. The standard InChI is InChI=1S/C17H21N5O2/c18-14(16(23)24-12-6-2-1-3-7-12)15(13-8-4-9-19-13)22-17-20-10-5-11-21-17/h4-5,8-12,15,18-19H,1-3,6-7H2,(H,20,21,22). The number of hydrogen-bond donors (Lipinski definition) is 3. The number of H-pyrrole nitrogens is 1. The predicted molar refractivity (Wildman–Crippen MR) is 89.9 cm³/mol. The normalized spacial score (nSPS) is 16.3. The van der Waals surface area contributed by atoms with Crippen LogP contribution in [0, 0.1) is 5.41 Å². The second-order valence-corrected chi connectivity index (χ2v) is 5.85. The molecule has 0 bridgehead atoms. The van der Waals surface area contributed by atoms with Crippen molar-refractivity contribution in [2.45, 2.75) is 44.2 Å². The molecule has 2 aromatic rings. The van der Waals surface area contributed by atoms with E-state index in [1.807, 2.05) is 12.1 Å². The molecule has 1 atom stereocenters. The molecule has 0 radical (unpaired) electrons. The van der Waals surface area contributed by atoms with Crippen LogP contribution >= 0.6 is 0 Å². The smallest absolute Gasteiger partial charge is 0.354 e. The van der Waals surface area contributed by atoms with Gasteiger partial charge in [-0.15, -0.1) is 0 Å². The molecular weight excluding hydrogens is 306 g/mol. The van der Waals surface area contributed by atoms with E-state index in [1.165, 1.54) is 6.42 Å². The Balaban J connectivity index is 1.72. The zero-order valence-electron chi connectivity index (χ0n) is 13.4. The van der Waals surface area contributed by atoms with E-state index in [0.717, 1.165) is 25.7 Å². The third-order valence-corrected chi connectivity index (χ3v) is 4.11. The summed E-state index contributed by atoms with van der Waals surface area (Å²) in [5, 5.41) is 11.3. The Bertz CT molecular complexity index is 666. The van der Waals surface area contributed by atoms with E-state index in [4.69, 9.17) is 10.1 Å². The molecule has 3 rings (SSSR count). The minimum absolute atomic E-state index is 0.0798. The van der Waals surface area contributed by atoms with E-state index >= 15 is 0 Å². The van der Waals surface area contributed by atoms with Gasteiger partial charge in [-0.25, -0.2) is 14.8 Å². The molecule has 7 heteroatoms. The number of hydrogen-bond acceptors (Lipinski definition) is 6. The van der Waals surface area contributed by atoms with E-state index in [0.29, 0.717) is 11.6 Å². The van der Waals surface area contributed by atoms with Crippen LogP contribution in [0.15, 0.2) is 36.8 Å². The second-order valence-electron chi connectivity index (χ2n) is 5.85. The maximum absolute atomic E-state index is 12.4. The van der Waals surface area contributed by atoms with Crippen molar-refractivity contribution in [3.05, 3.63) is 42.5 Å². The molecule has 0 amide bonds. The lowest BCUT2D eigenvalue weighted by Crippen LogP contribution is -2.33. The fourth-order valence-electron chi connectivity index (χ4n) is 2.85. The van der Waals surface area contributed by atoms with E-state index < -0.39 is 12.0 Å². The van der Waals surface area contributed by atoms with Crippen molar-refractivity contribution >= 4 is 17.6 Å². The number of aromatic amines is 1. The molecule has 0 aromatic carbocycles. The number of anilines is 1. The first-order chi connectivity index (χ1) is 11.7. The molecule has 0 spiro atoms. The second kappa shape index (κ2) is 7.72. The van der Waals surface area contributed by atoms with Crippen LogP contribution in [0.3, 0.4) is 0 Å². The van der Waals surface area contributed by atoms with E-state index in [9.17, 15) is 4.79 Å². The molecule has 0 aliphatic heterocycles. The van der Waals surface area contributed by atoms with Gasteiger partial charge >= 0.3 is 5.97 Å². The lowest BCUT2D eigenvalue weighted by Gasteiger charge is -2.24. The average Bonchev–Trinajstić information content (AvgIpc) is 3.15. The summed E-state index contributed by atoms with van der Waals surface area (Å²) in [5.41, 5.74) is 0.531. The largest absolute Gasteiger partial charge is 0.458 e. The maximum atomic E-state index is 12.4. The number of ether oxygens (including phenoxy) is 1. The van der Waals surface area contributed by atoms with Gasteiger partial charge in [-0.2, -0.15) is 0 Å². The monoisotopic (exact) mass is 327 g/mol. The Morgan fingerprint density at radius 1 is 1.25 bits per heavy atom. The van der Waals surface area contributed by atoms with Gasteiger partial charge in [0, 0.05) is 24.3 Å². The molecule has 1 unspecified atom stereocenters. The zero-order chi connectivity index (χ0) is 16.8. The Labute approximate surface area is 140 Å². The minimum atomic E-state index is -0.682. The predicted octanol–water partition coefficient (Wildman–Crippen LogP) is 2.85. The molecule has 1 saturated carbocycles.